The van der Waals surface area contributed by atoms with Gasteiger partial charge in [0.05, 0.1) is 17.4 Å². The van der Waals surface area contributed by atoms with Crippen molar-refractivity contribution in [2.75, 3.05) is 5.32 Å². The second-order valence-electron chi connectivity index (χ2n) is 5.42. The van der Waals surface area contributed by atoms with Gasteiger partial charge in [0.15, 0.2) is 0 Å². The molecule has 4 heteroatoms. The van der Waals surface area contributed by atoms with E-state index in [1.165, 1.54) is 5.56 Å². The van der Waals surface area contributed by atoms with E-state index in [9.17, 15) is 4.79 Å². The highest BCUT2D eigenvalue weighted by Crippen LogP contribution is 2.17. The van der Waals surface area contributed by atoms with Crippen LogP contribution in [0.4, 0.5) is 11.4 Å². The number of hydrogen-bond acceptors (Lipinski definition) is 3. The van der Waals surface area contributed by atoms with E-state index in [-0.39, 0.29) is 11.9 Å². The lowest BCUT2D eigenvalue weighted by atomic mass is 10.1. The monoisotopic (exact) mass is 297 g/mol. The lowest BCUT2D eigenvalue weighted by molar-refractivity contribution is 0.0939. The van der Waals surface area contributed by atoms with Crippen LogP contribution in [0.2, 0.25) is 0 Å². The zero-order valence-corrected chi connectivity index (χ0v) is 13.4. The number of anilines is 2. The van der Waals surface area contributed by atoms with E-state index in [1.807, 2.05) is 32.0 Å². The van der Waals surface area contributed by atoms with E-state index < -0.39 is 0 Å². The Balaban J connectivity index is 2.08. The van der Waals surface area contributed by atoms with Crippen molar-refractivity contribution in [2.24, 2.45) is 0 Å². The number of carbonyl (C=O) groups is 1. The minimum absolute atomic E-state index is 0.0909. The van der Waals surface area contributed by atoms with Gasteiger partial charge in [-0.15, -0.1) is 0 Å². The molecule has 1 aromatic carbocycles. The molecular formula is C18H23N3O. The third-order valence-corrected chi connectivity index (χ3v) is 3.64. The van der Waals surface area contributed by atoms with Crippen LogP contribution in [-0.4, -0.2) is 16.9 Å². The molecule has 0 aliphatic heterocycles. The van der Waals surface area contributed by atoms with Gasteiger partial charge in [-0.2, -0.15) is 0 Å². The van der Waals surface area contributed by atoms with Gasteiger partial charge in [-0.3, -0.25) is 9.78 Å². The fourth-order valence-electron chi connectivity index (χ4n) is 2.03. The van der Waals surface area contributed by atoms with Gasteiger partial charge in [-0.25, -0.2) is 0 Å². The first-order valence-electron chi connectivity index (χ1n) is 7.74. The van der Waals surface area contributed by atoms with Gasteiger partial charge in [0.25, 0.3) is 5.91 Å². The average molecular weight is 297 g/mol. The first-order chi connectivity index (χ1) is 10.6. The van der Waals surface area contributed by atoms with Gasteiger partial charge in [0, 0.05) is 17.9 Å². The van der Waals surface area contributed by atoms with Crippen molar-refractivity contribution in [3.8, 4) is 0 Å². The van der Waals surface area contributed by atoms with Gasteiger partial charge >= 0.3 is 0 Å². The van der Waals surface area contributed by atoms with Crippen molar-refractivity contribution in [3.05, 3.63) is 53.9 Å². The molecule has 0 spiro atoms. The zero-order valence-electron chi connectivity index (χ0n) is 13.4. The van der Waals surface area contributed by atoms with Gasteiger partial charge in [0.2, 0.25) is 0 Å². The SMILES string of the molecule is CCc1ccc(Nc2cncc(C(=O)NC(C)CC)c2)cc1. The summed E-state index contributed by atoms with van der Waals surface area (Å²) in [6, 6.07) is 10.2. The predicted molar refractivity (Wildman–Crippen MR) is 90.6 cm³/mol. The molecule has 2 aromatic rings. The summed E-state index contributed by atoms with van der Waals surface area (Å²) in [6.07, 6.45) is 5.23. The number of nitrogens with zero attached hydrogens (tertiary/aromatic N) is 1. The Kier molecular flexibility index (Phi) is 5.53. The number of aromatic nitrogens is 1. The molecule has 0 radical (unpaired) electrons. The Morgan fingerprint density at radius 2 is 1.86 bits per heavy atom. The number of nitrogens with one attached hydrogen (secondary N) is 2. The Morgan fingerprint density at radius 1 is 1.14 bits per heavy atom. The van der Waals surface area contributed by atoms with Crippen molar-refractivity contribution in [3.63, 3.8) is 0 Å². The minimum atomic E-state index is -0.0909. The lowest BCUT2D eigenvalue weighted by Gasteiger charge is -2.12. The molecule has 0 aliphatic rings. The minimum Gasteiger partial charge on any atom is -0.354 e. The molecule has 116 valence electrons. The fraction of sp³-hybridized carbons (Fsp3) is 0.333. The Bertz CT molecular complexity index is 622. The van der Waals surface area contributed by atoms with Crippen molar-refractivity contribution in [2.45, 2.75) is 39.7 Å². The van der Waals surface area contributed by atoms with E-state index in [2.05, 4.69) is 34.7 Å². The number of rotatable bonds is 6. The maximum atomic E-state index is 12.1. The van der Waals surface area contributed by atoms with Crippen LogP contribution < -0.4 is 10.6 Å². The Morgan fingerprint density at radius 3 is 2.50 bits per heavy atom. The molecule has 0 saturated heterocycles. The lowest BCUT2D eigenvalue weighted by Crippen LogP contribution is -2.31. The predicted octanol–water partition coefficient (Wildman–Crippen LogP) is 3.92. The maximum Gasteiger partial charge on any atom is 0.253 e. The molecule has 1 heterocycles. The number of carbonyl (C=O) groups excluding carboxylic acids is 1. The highest BCUT2D eigenvalue weighted by molar-refractivity contribution is 5.95. The molecule has 0 fully saturated rings. The smallest absolute Gasteiger partial charge is 0.253 e. The van der Waals surface area contributed by atoms with Crippen LogP contribution in [-0.2, 0) is 6.42 Å². The second kappa shape index (κ2) is 7.59. The molecular weight excluding hydrogens is 274 g/mol. The van der Waals surface area contributed by atoms with Crippen LogP contribution in [0, 0.1) is 0 Å². The van der Waals surface area contributed by atoms with E-state index >= 15 is 0 Å². The number of hydrogen-bond donors (Lipinski definition) is 2. The molecule has 1 aromatic heterocycles. The summed E-state index contributed by atoms with van der Waals surface area (Å²) in [7, 11) is 0. The number of benzene rings is 1. The highest BCUT2D eigenvalue weighted by Gasteiger charge is 2.09. The van der Waals surface area contributed by atoms with Gasteiger partial charge in [0.1, 0.15) is 0 Å². The topological polar surface area (TPSA) is 54.0 Å². The van der Waals surface area contributed by atoms with Crippen molar-refractivity contribution < 1.29 is 4.79 Å². The van der Waals surface area contributed by atoms with Crippen molar-refractivity contribution in [1.82, 2.24) is 10.3 Å². The number of amides is 1. The number of aryl methyl sites for hydroxylation is 1. The van der Waals surface area contributed by atoms with Crippen LogP contribution in [0.1, 0.15) is 43.1 Å². The molecule has 2 N–H and O–H groups in total. The van der Waals surface area contributed by atoms with Crippen LogP contribution in [0.3, 0.4) is 0 Å². The normalized spacial score (nSPS) is 11.8. The maximum absolute atomic E-state index is 12.1. The van der Waals surface area contributed by atoms with Crippen LogP contribution in [0.15, 0.2) is 42.7 Å². The molecule has 2 rings (SSSR count). The summed E-state index contributed by atoms with van der Waals surface area (Å²) >= 11 is 0. The molecule has 4 nitrogen and oxygen atoms in total. The molecule has 1 unspecified atom stereocenters. The molecule has 0 aliphatic carbocycles. The first-order valence-corrected chi connectivity index (χ1v) is 7.74. The fourth-order valence-corrected chi connectivity index (χ4v) is 2.03. The summed E-state index contributed by atoms with van der Waals surface area (Å²) < 4.78 is 0. The molecule has 22 heavy (non-hydrogen) atoms. The third kappa shape index (κ3) is 4.32. The summed E-state index contributed by atoms with van der Waals surface area (Å²) in [5.41, 5.74) is 3.65. The summed E-state index contributed by atoms with van der Waals surface area (Å²) in [5.74, 6) is -0.0909. The highest BCUT2D eigenvalue weighted by atomic mass is 16.1. The van der Waals surface area contributed by atoms with Crippen molar-refractivity contribution in [1.29, 1.82) is 0 Å². The van der Waals surface area contributed by atoms with E-state index in [0.717, 1.165) is 24.2 Å². The van der Waals surface area contributed by atoms with Crippen LogP contribution in [0.5, 0.6) is 0 Å². The quantitative estimate of drug-likeness (QED) is 0.849. The standard InChI is InChI=1S/C18H23N3O/c1-4-13(3)20-18(22)15-10-17(12-19-11-15)21-16-8-6-14(5-2)7-9-16/h6-13,21H,4-5H2,1-3H3,(H,20,22). The molecule has 1 amide bonds. The summed E-state index contributed by atoms with van der Waals surface area (Å²) in [4.78, 5) is 16.3. The van der Waals surface area contributed by atoms with Gasteiger partial charge in [-0.1, -0.05) is 26.0 Å². The van der Waals surface area contributed by atoms with Crippen LogP contribution >= 0.6 is 0 Å². The second-order valence-corrected chi connectivity index (χ2v) is 5.42. The number of pyridine rings is 1. The largest absolute Gasteiger partial charge is 0.354 e. The van der Waals surface area contributed by atoms with Crippen LogP contribution in [0.25, 0.3) is 0 Å². The Hall–Kier alpha value is -2.36. The van der Waals surface area contributed by atoms with Crippen molar-refractivity contribution >= 4 is 17.3 Å². The van der Waals surface area contributed by atoms with Gasteiger partial charge in [-0.05, 0) is 43.5 Å². The Labute approximate surface area is 132 Å². The van der Waals surface area contributed by atoms with E-state index in [0.29, 0.717) is 5.56 Å². The third-order valence-electron chi connectivity index (χ3n) is 3.64. The van der Waals surface area contributed by atoms with Gasteiger partial charge < -0.3 is 10.6 Å². The zero-order chi connectivity index (χ0) is 15.9. The molecule has 0 bridgehead atoms. The first kappa shape index (κ1) is 16.0. The van der Waals surface area contributed by atoms with E-state index in [1.54, 1.807) is 12.4 Å². The summed E-state index contributed by atoms with van der Waals surface area (Å²) in [6.45, 7) is 6.16. The molecule has 1 atom stereocenters. The summed E-state index contributed by atoms with van der Waals surface area (Å²) in [5, 5.41) is 6.22. The van der Waals surface area contributed by atoms with E-state index in [4.69, 9.17) is 0 Å². The average Bonchev–Trinajstić information content (AvgIpc) is 2.55. The molecule has 0 saturated carbocycles.